The Morgan fingerprint density at radius 3 is 2.57 bits per heavy atom. The zero-order valence-electron chi connectivity index (χ0n) is 12.5. The standard InChI is InChI=1S/C10H11NOS.C5H11NO2/c1-2-7-11-10(12)8-5-3-4-6-9(8)13-11;1-2-3-4-6-5(7)8/h3-6H,2,7H2,1H3;6H,2-4H2,1H3,(H,7,8). The Kier molecular flexibility index (Phi) is 7.53. The van der Waals surface area contributed by atoms with Crippen molar-refractivity contribution in [2.75, 3.05) is 6.54 Å². The molecule has 0 aliphatic carbocycles. The van der Waals surface area contributed by atoms with Crippen molar-refractivity contribution in [1.82, 2.24) is 9.27 Å². The van der Waals surface area contributed by atoms with Crippen LogP contribution in [0, 0.1) is 0 Å². The van der Waals surface area contributed by atoms with Crippen LogP contribution in [-0.4, -0.2) is 21.7 Å². The SMILES string of the molecule is CCCCNC(=O)O.CCCn1sc2ccccc2c1=O. The van der Waals surface area contributed by atoms with Gasteiger partial charge in [0.2, 0.25) is 0 Å². The number of nitrogens with zero attached hydrogens (tertiary/aromatic N) is 1. The van der Waals surface area contributed by atoms with Crippen LogP contribution in [0.15, 0.2) is 29.1 Å². The molecule has 1 aromatic heterocycles. The van der Waals surface area contributed by atoms with Gasteiger partial charge in [-0.1, -0.05) is 43.9 Å². The minimum absolute atomic E-state index is 0.155. The topological polar surface area (TPSA) is 71.3 Å². The molecule has 0 atom stereocenters. The Hall–Kier alpha value is -1.82. The number of benzene rings is 1. The number of aromatic nitrogens is 1. The van der Waals surface area contributed by atoms with Crippen molar-refractivity contribution >= 4 is 27.7 Å². The zero-order chi connectivity index (χ0) is 15.7. The Morgan fingerprint density at radius 1 is 1.29 bits per heavy atom. The minimum Gasteiger partial charge on any atom is -0.465 e. The maximum atomic E-state index is 11.7. The number of rotatable bonds is 5. The third-order valence-corrected chi connectivity index (χ3v) is 3.91. The van der Waals surface area contributed by atoms with Gasteiger partial charge in [0.1, 0.15) is 0 Å². The highest BCUT2D eigenvalue weighted by Gasteiger charge is 2.04. The van der Waals surface area contributed by atoms with Crippen LogP contribution in [0.4, 0.5) is 4.79 Å². The lowest BCUT2D eigenvalue weighted by Gasteiger charge is -1.94. The molecule has 1 aromatic carbocycles. The van der Waals surface area contributed by atoms with Crippen molar-refractivity contribution in [2.45, 2.75) is 39.7 Å². The predicted octanol–water partition coefficient (Wildman–Crippen LogP) is 3.53. The largest absolute Gasteiger partial charge is 0.465 e. The average molecular weight is 310 g/mol. The smallest absolute Gasteiger partial charge is 0.404 e. The van der Waals surface area contributed by atoms with Gasteiger partial charge in [0, 0.05) is 13.1 Å². The summed E-state index contributed by atoms with van der Waals surface area (Å²) in [5, 5.41) is 11.1. The summed E-state index contributed by atoms with van der Waals surface area (Å²) in [5.74, 6) is 0. The molecule has 0 radical (unpaired) electrons. The molecule has 116 valence electrons. The van der Waals surface area contributed by atoms with E-state index in [4.69, 9.17) is 5.11 Å². The molecule has 5 nitrogen and oxygen atoms in total. The van der Waals surface area contributed by atoms with E-state index in [9.17, 15) is 9.59 Å². The van der Waals surface area contributed by atoms with Gasteiger partial charge in [0.05, 0.1) is 10.1 Å². The summed E-state index contributed by atoms with van der Waals surface area (Å²) < 4.78 is 2.91. The number of hydrogen-bond acceptors (Lipinski definition) is 3. The van der Waals surface area contributed by atoms with Gasteiger partial charge in [0.25, 0.3) is 5.56 Å². The van der Waals surface area contributed by atoms with Crippen molar-refractivity contribution in [3.63, 3.8) is 0 Å². The van der Waals surface area contributed by atoms with E-state index in [-0.39, 0.29) is 5.56 Å². The molecular weight excluding hydrogens is 288 g/mol. The van der Waals surface area contributed by atoms with E-state index in [1.807, 2.05) is 35.1 Å². The molecule has 0 unspecified atom stereocenters. The molecule has 0 aliphatic rings. The molecule has 0 aliphatic heterocycles. The van der Waals surface area contributed by atoms with Crippen LogP contribution in [0.5, 0.6) is 0 Å². The number of aryl methyl sites for hydroxylation is 1. The van der Waals surface area contributed by atoms with Crippen LogP contribution in [0.25, 0.3) is 10.1 Å². The first-order valence-corrected chi connectivity index (χ1v) is 7.93. The first-order chi connectivity index (χ1) is 10.1. The van der Waals surface area contributed by atoms with Crippen LogP contribution in [0.2, 0.25) is 0 Å². The summed E-state index contributed by atoms with van der Waals surface area (Å²) >= 11 is 1.55. The fraction of sp³-hybridized carbons (Fsp3) is 0.467. The van der Waals surface area contributed by atoms with Crippen LogP contribution in [0.1, 0.15) is 33.1 Å². The highest BCUT2D eigenvalue weighted by Crippen LogP contribution is 2.15. The zero-order valence-corrected chi connectivity index (χ0v) is 13.3. The average Bonchev–Trinajstić information content (AvgIpc) is 2.77. The second-order valence-electron chi connectivity index (χ2n) is 4.58. The fourth-order valence-electron chi connectivity index (χ4n) is 1.74. The Balaban J connectivity index is 0.000000240. The molecule has 2 N–H and O–H groups in total. The molecule has 0 bridgehead atoms. The number of fused-ring (bicyclic) bond motifs is 1. The van der Waals surface area contributed by atoms with E-state index < -0.39 is 6.09 Å². The number of nitrogens with one attached hydrogen (secondary N) is 1. The fourth-order valence-corrected chi connectivity index (χ4v) is 2.83. The second kappa shape index (κ2) is 9.18. The van der Waals surface area contributed by atoms with E-state index in [1.165, 1.54) is 0 Å². The van der Waals surface area contributed by atoms with Crippen molar-refractivity contribution in [2.24, 2.45) is 0 Å². The van der Waals surface area contributed by atoms with Gasteiger partial charge in [-0.15, -0.1) is 0 Å². The van der Waals surface area contributed by atoms with Crippen LogP contribution < -0.4 is 10.9 Å². The second-order valence-corrected chi connectivity index (χ2v) is 5.64. The lowest BCUT2D eigenvalue weighted by Crippen LogP contribution is -2.21. The number of unbranched alkanes of at least 4 members (excludes halogenated alkanes) is 1. The maximum absolute atomic E-state index is 11.7. The number of hydrogen-bond donors (Lipinski definition) is 2. The lowest BCUT2D eigenvalue weighted by molar-refractivity contribution is 0.194. The van der Waals surface area contributed by atoms with Crippen molar-refractivity contribution < 1.29 is 9.90 Å². The maximum Gasteiger partial charge on any atom is 0.404 e. The Bertz CT molecular complexity index is 619. The monoisotopic (exact) mass is 310 g/mol. The van der Waals surface area contributed by atoms with Crippen molar-refractivity contribution in [1.29, 1.82) is 0 Å². The highest BCUT2D eigenvalue weighted by molar-refractivity contribution is 7.13. The van der Waals surface area contributed by atoms with Crippen LogP contribution in [0.3, 0.4) is 0 Å². The third kappa shape index (κ3) is 5.59. The highest BCUT2D eigenvalue weighted by atomic mass is 32.1. The Labute approximate surface area is 128 Å². The molecular formula is C15H22N2O3S. The molecule has 2 rings (SSSR count). The Morgan fingerprint density at radius 2 is 2.00 bits per heavy atom. The first kappa shape index (κ1) is 17.2. The molecule has 0 spiro atoms. The van der Waals surface area contributed by atoms with Gasteiger partial charge in [0.15, 0.2) is 0 Å². The van der Waals surface area contributed by atoms with E-state index in [2.05, 4.69) is 12.2 Å². The molecule has 1 heterocycles. The van der Waals surface area contributed by atoms with Gasteiger partial charge in [-0.05, 0) is 25.0 Å². The molecule has 21 heavy (non-hydrogen) atoms. The van der Waals surface area contributed by atoms with E-state index in [1.54, 1.807) is 11.5 Å². The van der Waals surface area contributed by atoms with E-state index in [0.29, 0.717) is 6.54 Å². The van der Waals surface area contributed by atoms with Crippen LogP contribution >= 0.6 is 11.5 Å². The van der Waals surface area contributed by atoms with Gasteiger partial charge < -0.3 is 10.4 Å². The normalized spacial score (nSPS) is 10.0. The van der Waals surface area contributed by atoms with Gasteiger partial charge >= 0.3 is 6.09 Å². The van der Waals surface area contributed by atoms with Crippen LogP contribution in [-0.2, 0) is 6.54 Å². The number of carboxylic acid groups (broad SMARTS) is 1. The van der Waals surface area contributed by atoms with E-state index in [0.717, 1.165) is 35.9 Å². The molecule has 2 aromatic rings. The van der Waals surface area contributed by atoms with E-state index >= 15 is 0 Å². The number of amides is 1. The summed E-state index contributed by atoms with van der Waals surface area (Å²) in [4.78, 5) is 21.5. The van der Waals surface area contributed by atoms with Gasteiger partial charge in [-0.2, -0.15) is 0 Å². The number of carbonyl (C=O) groups is 1. The molecule has 6 heteroatoms. The molecule has 1 amide bonds. The summed E-state index contributed by atoms with van der Waals surface area (Å²) in [6.45, 7) is 5.50. The molecule has 0 saturated heterocycles. The summed E-state index contributed by atoms with van der Waals surface area (Å²) in [6.07, 6.45) is 2.03. The quantitative estimate of drug-likeness (QED) is 0.830. The van der Waals surface area contributed by atoms with Gasteiger partial charge in [-0.25, -0.2) is 4.79 Å². The minimum atomic E-state index is -0.932. The summed E-state index contributed by atoms with van der Waals surface area (Å²) in [7, 11) is 0. The van der Waals surface area contributed by atoms with Crippen molar-refractivity contribution in [3.8, 4) is 0 Å². The lowest BCUT2D eigenvalue weighted by atomic mass is 10.3. The predicted molar refractivity (Wildman–Crippen MR) is 87.3 cm³/mol. The molecule has 0 saturated carbocycles. The van der Waals surface area contributed by atoms with Gasteiger partial charge in [-0.3, -0.25) is 8.75 Å². The summed E-state index contributed by atoms with van der Waals surface area (Å²) in [5.41, 5.74) is 0.155. The summed E-state index contributed by atoms with van der Waals surface area (Å²) in [6, 6.07) is 7.76. The third-order valence-electron chi connectivity index (χ3n) is 2.79. The van der Waals surface area contributed by atoms with Crippen molar-refractivity contribution in [3.05, 3.63) is 34.6 Å². The first-order valence-electron chi connectivity index (χ1n) is 7.15. The molecule has 0 fully saturated rings.